The van der Waals surface area contributed by atoms with Crippen LogP contribution in [0.2, 0.25) is 0 Å². The molecule has 3 nitrogen and oxygen atoms in total. The van der Waals surface area contributed by atoms with E-state index in [0.29, 0.717) is 17.8 Å². The predicted molar refractivity (Wildman–Crippen MR) is 74.5 cm³/mol. The van der Waals surface area contributed by atoms with Crippen LogP contribution in [-0.2, 0) is 11.2 Å². The summed E-state index contributed by atoms with van der Waals surface area (Å²) in [6.45, 7) is 2.07. The summed E-state index contributed by atoms with van der Waals surface area (Å²) in [4.78, 5) is 16.5. The van der Waals surface area contributed by atoms with Gasteiger partial charge in [0.2, 0.25) is 5.91 Å². The summed E-state index contributed by atoms with van der Waals surface area (Å²) >= 11 is 0. The molecular formula is C16H22N2O. The van der Waals surface area contributed by atoms with Crippen LogP contribution in [0.3, 0.4) is 0 Å². The summed E-state index contributed by atoms with van der Waals surface area (Å²) in [7, 11) is 0. The van der Waals surface area contributed by atoms with Crippen molar-refractivity contribution in [2.45, 2.75) is 45.1 Å². The second-order valence-corrected chi connectivity index (χ2v) is 6.07. The van der Waals surface area contributed by atoms with Gasteiger partial charge < -0.3 is 5.32 Å². The zero-order valence-electron chi connectivity index (χ0n) is 11.5. The molecule has 102 valence electrons. The van der Waals surface area contributed by atoms with Crippen molar-refractivity contribution in [3.05, 3.63) is 30.1 Å². The predicted octanol–water partition coefficient (Wildman–Crippen LogP) is 2.57. The number of rotatable bonds is 4. The highest BCUT2D eigenvalue weighted by atomic mass is 16.2. The first-order valence-electron chi connectivity index (χ1n) is 7.46. The zero-order chi connectivity index (χ0) is 13.2. The quantitative estimate of drug-likeness (QED) is 0.902. The van der Waals surface area contributed by atoms with E-state index < -0.39 is 0 Å². The van der Waals surface area contributed by atoms with Crippen molar-refractivity contribution in [3.63, 3.8) is 0 Å². The fourth-order valence-corrected chi connectivity index (χ4v) is 3.60. The number of aromatic nitrogens is 1. The molecule has 0 aliphatic heterocycles. The largest absolute Gasteiger partial charge is 0.353 e. The van der Waals surface area contributed by atoms with Crippen molar-refractivity contribution in [2.75, 3.05) is 0 Å². The Morgan fingerprint density at radius 2 is 2.11 bits per heavy atom. The molecule has 4 atom stereocenters. The van der Waals surface area contributed by atoms with E-state index >= 15 is 0 Å². The fourth-order valence-electron chi connectivity index (χ4n) is 3.60. The van der Waals surface area contributed by atoms with E-state index in [4.69, 9.17) is 0 Å². The molecule has 1 amide bonds. The van der Waals surface area contributed by atoms with Gasteiger partial charge in [-0.15, -0.1) is 0 Å². The van der Waals surface area contributed by atoms with Crippen LogP contribution in [0, 0.1) is 17.8 Å². The molecule has 1 unspecified atom stereocenters. The molecular weight excluding hydrogens is 236 g/mol. The number of carbonyl (C=O) groups excluding carboxylic acids is 1. The van der Waals surface area contributed by atoms with Gasteiger partial charge in [-0.3, -0.25) is 9.78 Å². The lowest BCUT2D eigenvalue weighted by Gasteiger charge is -2.13. The van der Waals surface area contributed by atoms with E-state index in [1.165, 1.54) is 25.7 Å². The Balaban J connectivity index is 1.50. The summed E-state index contributed by atoms with van der Waals surface area (Å²) < 4.78 is 0. The molecule has 3 rings (SSSR count). The van der Waals surface area contributed by atoms with Crippen LogP contribution in [0.1, 0.15) is 38.3 Å². The zero-order valence-corrected chi connectivity index (χ0v) is 11.5. The van der Waals surface area contributed by atoms with E-state index in [2.05, 4.69) is 17.2 Å². The van der Waals surface area contributed by atoms with Gasteiger partial charge in [0.1, 0.15) is 0 Å². The highest BCUT2D eigenvalue weighted by Crippen LogP contribution is 2.55. The van der Waals surface area contributed by atoms with Crippen molar-refractivity contribution >= 4 is 5.91 Å². The molecule has 2 aliphatic rings. The van der Waals surface area contributed by atoms with E-state index in [1.807, 2.05) is 18.2 Å². The smallest absolute Gasteiger partial charge is 0.223 e. The van der Waals surface area contributed by atoms with Crippen molar-refractivity contribution in [3.8, 4) is 0 Å². The van der Waals surface area contributed by atoms with E-state index in [-0.39, 0.29) is 11.9 Å². The molecule has 1 aromatic heterocycles. The third kappa shape index (κ3) is 2.80. The molecule has 2 aliphatic carbocycles. The number of fused-ring (bicyclic) bond motifs is 1. The Labute approximate surface area is 114 Å². The molecule has 3 heteroatoms. The van der Waals surface area contributed by atoms with Crippen LogP contribution in [-0.4, -0.2) is 16.9 Å². The summed E-state index contributed by atoms with van der Waals surface area (Å²) in [5, 5.41) is 3.17. The van der Waals surface area contributed by atoms with Gasteiger partial charge >= 0.3 is 0 Å². The molecule has 0 bridgehead atoms. The molecule has 0 aromatic carbocycles. The van der Waals surface area contributed by atoms with Crippen molar-refractivity contribution in [2.24, 2.45) is 17.8 Å². The highest BCUT2D eigenvalue weighted by Gasteiger charge is 2.54. The topological polar surface area (TPSA) is 42.0 Å². The van der Waals surface area contributed by atoms with Gasteiger partial charge in [-0.05, 0) is 43.7 Å². The van der Waals surface area contributed by atoms with Crippen molar-refractivity contribution in [1.29, 1.82) is 0 Å². The lowest BCUT2D eigenvalue weighted by Crippen LogP contribution is -2.36. The first-order valence-corrected chi connectivity index (χ1v) is 7.46. The standard InChI is InChI=1S/C16H22N2O/c1-11(10-12-6-4-5-9-17-12)18-16(19)15-13-7-2-3-8-14(13)15/h4-6,9,11,13-15H,2-3,7-8,10H2,1H3,(H,18,19)/t11-,13-,14+,15?/m0/s1. The minimum atomic E-state index is 0.171. The van der Waals surface area contributed by atoms with Crippen molar-refractivity contribution in [1.82, 2.24) is 10.3 Å². The number of hydrogen-bond acceptors (Lipinski definition) is 2. The molecule has 2 saturated carbocycles. The number of nitrogens with zero attached hydrogens (tertiary/aromatic N) is 1. The van der Waals surface area contributed by atoms with Gasteiger partial charge in [0.05, 0.1) is 0 Å². The van der Waals surface area contributed by atoms with Crippen LogP contribution in [0.15, 0.2) is 24.4 Å². The van der Waals surface area contributed by atoms with Gasteiger partial charge in [0, 0.05) is 30.3 Å². The molecule has 1 heterocycles. The third-order valence-corrected chi connectivity index (χ3v) is 4.59. The molecule has 19 heavy (non-hydrogen) atoms. The molecule has 0 spiro atoms. The lowest BCUT2D eigenvalue weighted by atomic mass is 10.0. The van der Waals surface area contributed by atoms with Gasteiger partial charge in [-0.2, -0.15) is 0 Å². The third-order valence-electron chi connectivity index (χ3n) is 4.59. The number of pyridine rings is 1. The summed E-state index contributed by atoms with van der Waals surface area (Å²) in [5.41, 5.74) is 1.04. The van der Waals surface area contributed by atoms with E-state index in [9.17, 15) is 4.79 Å². The number of nitrogens with one attached hydrogen (secondary N) is 1. The van der Waals surface area contributed by atoms with E-state index in [1.54, 1.807) is 6.20 Å². The first kappa shape index (κ1) is 12.6. The molecule has 2 fully saturated rings. The minimum Gasteiger partial charge on any atom is -0.353 e. The monoisotopic (exact) mass is 258 g/mol. The first-order chi connectivity index (χ1) is 9.25. The van der Waals surface area contributed by atoms with Crippen LogP contribution in [0.5, 0.6) is 0 Å². The van der Waals surface area contributed by atoms with Crippen LogP contribution in [0.25, 0.3) is 0 Å². The lowest BCUT2D eigenvalue weighted by molar-refractivity contribution is -0.123. The summed E-state index contributed by atoms with van der Waals surface area (Å²) in [5.74, 6) is 1.97. The maximum absolute atomic E-state index is 12.2. The second kappa shape index (κ2) is 5.32. The Hall–Kier alpha value is -1.38. The summed E-state index contributed by atoms with van der Waals surface area (Å²) in [6.07, 6.45) is 7.77. The number of carbonyl (C=O) groups is 1. The molecule has 0 saturated heterocycles. The fraction of sp³-hybridized carbons (Fsp3) is 0.625. The van der Waals surface area contributed by atoms with Gasteiger partial charge in [-0.25, -0.2) is 0 Å². The highest BCUT2D eigenvalue weighted by molar-refractivity contribution is 5.82. The van der Waals surface area contributed by atoms with Gasteiger partial charge in [0.25, 0.3) is 0 Å². The SMILES string of the molecule is C[C@@H](Cc1ccccn1)NC(=O)C1[C@H]2CCCC[C@@H]12. The van der Waals surface area contributed by atoms with Gasteiger partial charge in [0.15, 0.2) is 0 Å². The van der Waals surface area contributed by atoms with Crippen LogP contribution in [0.4, 0.5) is 0 Å². The Bertz CT molecular complexity index is 433. The average Bonchev–Trinajstić information content (AvgIpc) is 3.14. The Morgan fingerprint density at radius 1 is 1.37 bits per heavy atom. The Morgan fingerprint density at radius 3 is 2.74 bits per heavy atom. The summed E-state index contributed by atoms with van der Waals surface area (Å²) in [6, 6.07) is 6.10. The van der Waals surface area contributed by atoms with Crippen molar-refractivity contribution < 1.29 is 4.79 Å². The minimum absolute atomic E-state index is 0.171. The number of hydrogen-bond donors (Lipinski definition) is 1. The molecule has 1 aromatic rings. The maximum atomic E-state index is 12.2. The Kier molecular flexibility index (Phi) is 3.54. The normalized spacial score (nSPS) is 30.3. The number of amides is 1. The van der Waals surface area contributed by atoms with Crippen LogP contribution >= 0.6 is 0 Å². The maximum Gasteiger partial charge on any atom is 0.223 e. The second-order valence-electron chi connectivity index (χ2n) is 6.07. The van der Waals surface area contributed by atoms with Crippen LogP contribution < -0.4 is 5.32 Å². The van der Waals surface area contributed by atoms with Gasteiger partial charge in [-0.1, -0.05) is 18.9 Å². The average molecular weight is 258 g/mol. The molecule has 1 N–H and O–H groups in total. The molecule has 0 radical (unpaired) electrons. The van der Waals surface area contributed by atoms with E-state index in [0.717, 1.165) is 12.1 Å².